The van der Waals surface area contributed by atoms with E-state index in [1.807, 2.05) is 6.08 Å². The number of carbonyl (C=O) groups excluding carboxylic acids is 2. The molecule has 0 bridgehead atoms. The van der Waals surface area contributed by atoms with Crippen LogP contribution in [0, 0.1) is 0 Å². The zero-order chi connectivity index (χ0) is 43.7. The molecule has 0 spiro atoms. The van der Waals surface area contributed by atoms with Gasteiger partial charge in [-0.15, -0.1) is 0 Å². The number of ether oxygens (including phenoxy) is 1. The number of hydrogen-bond donors (Lipinski definition) is 3. The zero-order valence-corrected chi connectivity index (χ0v) is 40.2. The summed E-state index contributed by atoms with van der Waals surface area (Å²) in [7, 11) is 0. The first-order valence-electron chi connectivity index (χ1n) is 26.6. The van der Waals surface area contributed by atoms with Crippen LogP contribution >= 0.6 is 0 Å². The number of carbonyl (C=O) groups is 2. The van der Waals surface area contributed by atoms with E-state index >= 15 is 0 Å². The molecule has 0 rings (SSSR count). The second-order valence-electron chi connectivity index (χ2n) is 18.2. The molecule has 0 saturated heterocycles. The maximum Gasteiger partial charge on any atom is 0.305 e. The second-order valence-corrected chi connectivity index (χ2v) is 18.2. The van der Waals surface area contributed by atoms with Crippen LogP contribution in [-0.4, -0.2) is 47.4 Å². The Morgan fingerprint density at radius 3 is 1.18 bits per heavy atom. The highest BCUT2D eigenvalue weighted by Crippen LogP contribution is 2.16. The number of unbranched alkanes of at least 4 members (excludes halogenated alkanes) is 36. The van der Waals surface area contributed by atoms with E-state index in [1.165, 1.54) is 180 Å². The molecule has 354 valence electrons. The van der Waals surface area contributed by atoms with Crippen LogP contribution in [0.25, 0.3) is 0 Å². The van der Waals surface area contributed by atoms with Crippen molar-refractivity contribution in [3.05, 3.63) is 24.3 Å². The number of nitrogens with one attached hydrogen (secondary N) is 1. The first kappa shape index (κ1) is 58.3. The molecule has 0 radical (unpaired) electrons. The van der Waals surface area contributed by atoms with E-state index in [1.54, 1.807) is 6.08 Å². The third-order valence-corrected chi connectivity index (χ3v) is 12.2. The van der Waals surface area contributed by atoms with Crippen molar-refractivity contribution >= 4 is 11.9 Å². The molecule has 0 aromatic rings. The Labute approximate surface area is 373 Å². The van der Waals surface area contributed by atoms with Crippen LogP contribution in [-0.2, 0) is 14.3 Å². The average molecular weight is 846 g/mol. The van der Waals surface area contributed by atoms with Gasteiger partial charge < -0.3 is 20.3 Å². The molecule has 6 heteroatoms. The van der Waals surface area contributed by atoms with Crippen molar-refractivity contribution in [2.75, 3.05) is 13.2 Å². The van der Waals surface area contributed by atoms with Gasteiger partial charge in [0.1, 0.15) is 0 Å². The van der Waals surface area contributed by atoms with Gasteiger partial charge in [-0.2, -0.15) is 0 Å². The van der Waals surface area contributed by atoms with Crippen LogP contribution in [0.5, 0.6) is 0 Å². The lowest BCUT2D eigenvalue weighted by Crippen LogP contribution is -2.45. The largest absolute Gasteiger partial charge is 0.466 e. The van der Waals surface area contributed by atoms with Crippen molar-refractivity contribution in [1.82, 2.24) is 5.32 Å². The standard InChI is InChI=1S/C54H103NO5/c1-3-5-7-9-11-13-15-17-19-20-21-23-24-26-30-34-38-42-46-52(57)51(50-56)55-53(58)47-43-39-35-31-28-29-33-37-41-45-49-60-54(59)48-44-40-36-32-27-25-22-18-16-14-12-10-8-6-4-2/h29,33,42,46,51-52,56-57H,3-28,30-32,34-41,43-45,47-50H2,1-2H3,(H,55,58)/b33-29-,46-42+. The fourth-order valence-electron chi connectivity index (χ4n) is 8.10. The molecule has 0 saturated carbocycles. The maximum absolute atomic E-state index is 12.4. The fraction of sp³-hybridized carbons (Fsp3) is 0.889. The monoisotopic (exact) mass is 846 g/mol. The minimum absolute atomic E-state index is 0.0354. The molecule has 0 aliphatic rings. The summed E-state index contributed by atoms with van der Waals surface area (Å²) in [6, 6.07) is -0.652. The summed E-state index contributed by atoms with van der Waals surface area (Å²) in [5, 5.41) is 23.1. The molecular weight excluding hydrogens is 743 g/mol. The van der Waals surface area contributed by atoms with Crippen LogP contribution < -0.4 is 5.32 Å². The summed E-state index contributed by atoms with van der Waals surface area (Å²) in [5.74, 6) is -0.137. The molecule has 3 N–H and O–H groups in total. The number of hydrogen-bond acceptors (Lipinski definition) is 5. The van der Waals surface area contributed by atoms with Crippen molar-refractivity contribution in [3.63, 3.8) is 0 Å². The van der Waals surface area contributed by atoms with Crippen LogP contribution in [0.4, 0.5) is 0 Å². The highest BCUT2D eigenvalue weighted by molar-refractivity contribution is 5.76. The van der Waals surface area contributed by atoms with E-state index < -0.39 is 12.1 Å². The number of aliphatic hydroxyl groups excluding tert-OH is 2. The van der Waals surface area contributed by atoms with Crippen LogP contribution in [0.1, 0.15) is 284 Å². The SMILES string of the molecule is CCCCCCCCCCCCCCCCCC/C=C/C(O)C(CO)NC(=O)CCCCCC/C=C\CCCCOC(=O)CCCCCCCCCCCCCCCCC. The molecule has 1 amide bonds. The Kier molecular flexibility index (Phi) is 48.6. The minimum atomic E-state index is -0.865. The molecule has 0 aliphatic carbocycles. The van der Waals surface area contributed by atoms with Gasteiger partial charge in [-0.05, 0) is 57.8 Å². The van der Waals surface area contributed by atoms with Gasteiger partial charge in [0, 0.05) is 12.8 Å². The smallest absolute Gasteiger partial charge is 0.305 e. The molecule has 0 aromatic heterocycles. The van der Waals surface area contributed by atoms with E-state index in [0.717, 1.165) is 77.0 Å². The highest BCUT2D eigenvalue weighted by Gasteiger charge is 2.18. The quantitative estimate of drug-likeness (QED) is 0.0322. The lowest BCUT2D eigenvalue weighted by molar-refractivity contribution is -0.143. The molecule has 0 aromatic carbocycles. The fourth-order valence-corrected chi connectivity index (χ4v) is 8.10. The molecule has 0 fully saturated rings. The third kappa shape index (κ3) is 45.9. The predicted octanol–water partition coefficient (Wildman–Crippen LogP) is 15.9. The molecular formula is C54H103NO5. The molecule has 6 nitrogen and oxygen atoms in total. The lowest BCUT2D eigenvalue weighted by atomic mass is 10.0. The number of amides is 1. The Bertz CT molecular complexity index is 935. The topological polar surface area (TPSA) is 95.9 Å². The van der Waals surface area contributed by atoms with Gasteiger partial charge in [-0.1, -0.05) is 237 Å². The van der Waals surface area contributed by atoms with Crippen LogP contribution in [0.2, 0.25) is 0 Å². The number of allylic oxidation sites excluding steroid dienone is 3. The first-order valence-corrected chi connectivity index (χ1v) is 26.6. The summed E-state index contributed by atoms with van der Waals surface area (Å²) in [4.78, 5) is 24.5. The zero-order valence-electron chi connectivity index (χ0n) is 40.2. The highest BCUT2D eigenvalue weighted by atomic mass is 16.5. The van der Waals surface area contributed by atoms with Crippen LogP contribution in [0.15, 0.2) is 24.3 Å². The van der Waals surface area contributed by atoms with Gasteiger partial charge in [-0.25, -0.2) is 0 Å². The van der Waals surface area contributed by atoms with Gasteiger partial charge in [0.15, 0.2) is 0 Å². The Morgan fingerprint density at radius 2 is 0.783 bits per heavy atom. The number of rotatable bonds is 49. The minimum Gasteiger partial charge on any atom is -0.466 e. The summed E-state index contributed by atoms with van der Waals surface area (Å²) >= 11 is 0. The maximum atomic E-state index is 12.4. The molecule has 0 heterocycles. The van der Waals surface area contributed by atoms with E-state index in [4.69, 9.17) is 4.74 Å². The van der Waals surface area contributed by atoms with Crippen molar-refractivity contribution in [3.8, 4) is 0 Å². The Hall–Kier alpha value is -1.66. The summed E-state index contributed by atoms with van der Waals surface area (Å²) in [6.07, 6.45) is 59.0. The van der Waals surface area contributed by atoms with Gasteiger partial charge in [-0.3, -0.25) is 9.59 Å². The normalized spacial score (nSPS) is 12.8. The molecule has 60 heavy (non-hydrogen) atoms. The third-order valence-electron chi connectivity index (χ3n) is 12.2. The van der Waals surface area contributed by atoms with E-state index in [0.29, 0.717) is 19.4 Å². The van der Waals surface area contributed by atoms with E-state index in [-0.39, 0.29) is 18.5 Å². The summed E-state index contributed by atoms with van der Waals surface area (Å²) in [6.45, 7) is 4.83. The van der Waals surface area contributed by atoms with E-state index in [9.17, 15) is 19.8 Å². The van der Waals surface area contributed by atoms with Crippen molar-refractivity contribution in [2.45, 2.75) is 296 Å². The Morgan fingerprint density at radius 1 is 0.450 bits per heavy atom. The van der Waals surface area contributed by atoms with Gasteiger partial charge in [0.25, 0.3) is 0 Å². The van der Waals surface area contributed by atoms with Crippen LogP contribution in [0.3, 0.4) is 0 Å². The number of esters is 1. The number of aliphatic hydroxyl groups is 2. The first-order chi connectivity index (χ1) is 29.5. The van der Waals surface area contributed by atoms with Crippen molar-refractivity contribution in [2.24, 2.45) is 0 Å². The lowest BCUT2D eigenvalue weighted by Gasteiger charge is -2.20. The van der Waals surface area contributed by atoms with Gasteiger partial charge in [0.2, 0.25) is 5.91 Å². The Balaban J connectivity index is 3.55. The summed E-state index contributed by atoms with van der Waals surface area (Å²) < 4.78 is 5.44. The second kappa shape index (κ2) is 50.0. The van der Waals surface area contributed by atoms with E-state index in [2.05, 4.69) is 31.3 Å². The predicted molar refractivity (Wildman–Crippen MR) is 260 cm³/mol. The molecule has 0 aliphatic heterocycles. The molecule has 2 unspecified atom stereocenters. The average Bonchev–Trinajstić information content (AvgIpc) is 3.25. The molecule has 2 atom stereocenters. The van der Waals surface area contributed by atoms with Crippen molar-refractivity contribution < 1.29 is 24.5 Å². The van der Waals surface area contributed by atoms with Gasteiger partial charge in [0.05, 0.1) is 25.4 Å². The van der Waals surface area contributed by atoms with Crippen molar-refractivity contribution in [1.29, 1.82) is 0 Å². The summed E-state index contributed by atoms with van der Waals surface area (Å²) in [5.41, 5.74) is 0. The van der Waals surface area contributed by atoms with Gasteiger partial charge >= 0.3 is 5.97 Å².